The third-order valence-electron chi connectivity index (χ3n) is 3.49. The van der Waals surface area contributed by atoms with Crippen LogP contribution in [0.5, 0.6) is 0 Å². The van der Waals surface area contributed by atoms with Crippen LogP contribution < -0.4 is 15.8 Å². The van der Waals surface area contributed by atoms with Gasteiger partial charge in [0.1, 0.15) is 4.90 Å². The number of hydrogen-bond donors (Lipinski definition) is 3. The first-order valence-electron chi connectivity index (χ1n) is 5.99. The Kier molecular flexibility index (Phi) is 3.61. The van der Waals surface area contributed by atoms with Gasteiger partial charge in [-0.1, -0.05) is 12.1 Å². The summed E-state index contributed by atoms with van der Waals surface area (Å²) in [6.45, 7) is 1.36. The average molecular weight is 269 g/mol. The van der Waals surface area contributed by atoms with Crippen LogP contribution in [-0.2, 0) is 10.0 Å². The van der Waals surface area contributed by atoms with Gasteiger partial charge in [0.15, 0.2) is 0 Å². The van der Waals surface area contributed by atoms with Crippen LogP contribution in [-0.4, -0.2) is 28.6 Å². The third-order valence-corrected chi connectivity index (χ3v) is 4.96. The Hall–Kier alpha value is -1.11. The maximum Gasteiger partial charge on any atom is 0.242 e. The second kappa shape index (κ2) is 4.87. The number of rotatable bonds is 6. The van der Waals surface area contributed by atoms with Crippen molar-refractivity contribution in [3.8, 4) is 0 Å². The molecule has 1 aliphatic rings. The fraction of sp³-hybridized carbons (Fsp3) is 0.500. The number of nitrogens with two attached hydrogens (primary N) is 1. The van der Waals surface area contributed by atoms with Crippen molar-refractivity contribution in [1.82, 2.24) is 4.72 Å². The minimum Gasteiger partial charge on any atom is -0.383 e. The van der Waals surface area contributed by atoms with Crippen LogP contribution in [0.4, 0.5) is 5.69 Å². The Morgan fingerprint density at radius 3 is 2.56 bits per heavy atom. The van der Waals surface area contributed by atoms with Gasteiger partial charge < -0.3 is 11.1 Å². The summed E-state index contributed by atoms with van der Waals surface area (Å²) in [5.41, 5.74) is 6.51. The maximum absolute atomic E-state index is 11.9. The summed E-state index contributed by atoms with van der Waals surface area (Å²) >= 11 is 0. The van der Waals surface area contributed by atoms with Crippen molar-refractivity contribution in [3.05, 3.63) is 24.3 Å². The zero-order valence-corrected chi connectivity index (χ0v) is 11.3. The molecule has 0 amide bonds. The van der Waals surface area contributed by atoms with Crippen LogP contribution in [0.3, 0.4) is 0 Å². The van der Waals surface area contributed by atoms with Gasteiger partial charge in [-0.25, -0.2) is 13.1 Å². The lowest BCUT2D eigenvalue weighted by atomic mass is 10.1. The minimum atomic E-state index is -3.43. The van der Waals surface area contributed by atoms with Crippen molar-refractivity contribution in [3.63, 3.8) is 0 Å². The van der Waals surface area contributed by atoms with E-state index in [0.29, 0.717) is 12.2 Å². The van der Waals surface area contributed by atoms with Gasteiger partial charge in [-0.05, 0) is 44.0 Å². The molecule has 1 fully saturated rings. The molecule has 1 saturated carbocycles. The summed E-state index contributed by atoms with van der Waals surface area (Å²) in [5, 5.41) is 3.21. The van der Waals surface area contributed by atoms with Crippen LogP contribution in [0, 0.1) is 5.41 Å². The van der Waals surface area contributed by atoms with E-state index in [9.17, 15) is 8.42 Å². The molecular formula is C12H19N3O2S. The standard InChI is InChI=1S/C12H19N3O2S/c1-14-18(16,17)11-5-3-2-4-10(11)15-9-12(8-13)6-7-12/h2-5,14-15H,6-9,13H2,1H3. The fourth-order valence-electron chi connectivity index (χ4n) is 1.87. The van der Waals surface area contributed by atoms with Crippen LogP contribution in [0.2, 0.25) is 0 Å². The lowest BCUT2D eigenvalue weighted by Gasteiger charge is -2.16. The van der Waals surface area contributed by atoms with Gasteiger partial charge in [-0.2, -0.15) is 0 Å². The van der Waals surface area contributed by atoms with Gasteiger partial charge in [0.25, 0.3) is 0 Å². The van der Waals surface area contributed by atoms with Crippen molar-refractivity contribution in [1.29, 1.82) is 0 Å². The van der Waals surface area contributed by atoms with Crippen LogP contribution >= 0.6 is 0 Å². The Morgan fingerprint density at radius 1 is 1.33 bits per heavy atom. The fourth-order valence-corrected chi connectivity index (χ4v) is 2.78. The Bertz CT molecular complexity index is 524. The van der Waals surface area contributed by atoms with E-state index in [2.05, 4.69) is 10.0 Å². The molecule has 0 aromatic heterocycles. The molecule has 4 N–H and O–H groups in total. The molecule has 6 heteroatoms. The predicted molar refractivity (Wildman–Crippen MR) is 71.9 cm³/mol. The molecule has 0 saturated heterocycles. The summed E-state index contributed by atoms with van der Waals surface area (Å²) in [4.78, 5) is 0.278. The molecule has 0 unspecified atom stereocenters. The topological polar surface area (TPSA) is 84.2 Å². The van der Waals surface area contributed by atoms with Gasteiger partial charge in [-0.3, -0.25) is 0 Å². The molecule has 1 aromatic rings. The second-order valence-corrected chi connectivity index (χ2v) is 6.62. The molecule has 1 aliphatic carbocycles. The largest absolute Gasteiger partial charge is 0.383 e. The Balaban J connectivity index is 2.18. The summed E-state index contributed by atoms with van der Waals surface area (Å²) in [7, 11) is -2.02. The highest BCUT2D eigenvalue weighted by Gasteiger charge is 2.41. The van der Waals surface area contributed by atoms with Gasteiger partial charge in [-0.15, -0.1) is 0 Å². The number of sulfonamides is 1. The number of benzene rings is 1. The molecule has 2 rings (SSSR count). The molecule has 1 aromatic carbocycles. The molecule has 18 heavy (non-hydrogen) atoms. The quantitative estimate of drug-likeness (QED) is 0.711. The van der Waals surface area contributed by atoms with Gasteiger partial charge in [0.05, 0.1) is 5.69 Å². The van der Waals surface area contributed by atoms with E-state index in [1.807, 2.05) is 6.07 Å². The number of anilines is 1. The summed E-state index contributed by atoms with van der Waals surface area (Å²) in [6, 6.07) is 6.90. The highest BCUT2D eigenvalue weighted by molar-refractivity contribution is 7.89. The first kappa shape index (κ1) is 13.3. The van der Waals surface area contributed by atoms with E-state index >= 15 is 0 Å². The van der Waals surface area contributed by atoms with E-state index in [4.69, 9.17) is 5.73 Å². The molecular weight excluding hydrogens is 250 g/mol. The summed E-state index contributed by atoms with van der Waals surface area (Å²) < 4.78 is 26.0. The molecule has 0 atom stereocenters. The highest BCUT2D eigenvalue weighted by atomic mass is 32.2. The predicted octanol–water partition coefficient (Wildman–Crippen LogP) is 0.745. The first-order valence-corrected chi connectivity index (χ1v) is 7.48. The van der Waals surface area contributed by atoms with Crippen molar-refractivity contribution >= 4 is 15.7 Å². The minimum absolute atomic E-state index is 0.163. The Morgan fingerprint density at radius 2 is 2.00 bits per heavy atom. The van der Waals surface area contributed by atoms with Crippen molar-refractivity contribution in [2.24, 2.45) is 11.1 Å². The number of hydrogen-bond acceptors (Lipinski definition) is 4. The molecule has 0 aliphatic heterocycles. The number of para-hydroxylation sites is 1. The zero-order valence-electron chi connectivity index (χ0n) is 10.4. The van der Waals surface area contributed by atoms with Crippen molar-refractivity contribution in [2.45, 2.75) is 17.7 Å². The molecule has 0 spiro atoms. The normalized spacial score (nSPS) is 17.4. The van der Waals surface area contributed by atoms with E-state index in [1.54, 1.807) is 18.2 Å². The van der Waals surface area contributed by atoms with E-state index in [0.717, 1.165) is 19.4 Å². The van der Waals surface area contributed by atoms with Crippen molar-refractivity contribution in [2.75, 3.05) is 25.5 Å². The van der Waals surface area contributed by atoms with Gasteiger partial charge >= 0.3 is 0 Å². The molecule has 5 nitrogen and oxygen atoms in total. The first-order chi connectivity index (χ1) is 8.53. The lowest BCUT2D eigenvalue weighted by molar-refractivity contribution is 0.554. The number of nitrogens with one attached hydrogen (secondary N) is 2. The van der Waals surface area contributed by atoms with Crippen LogP contribution in [0.1, 0.15) is 12.8 Å². The highest BCUT2D eigenvalue weighted by Crippen LogP contribution is 2.44. The second-order valence-electron chi connectivity index (χ2n) is 4.76. The Labute approximate surface area is 108 Å². The molecule has 0 bridgehead atoms. The molecule has 0 radical (unpaired) electrons. The van der Waals surface area contributed by atoms with E-state index in [-0.39, 0.29) is 10.3 Å². The van der Waals surface area contributed by atoms with Crippen LogP contribution in [0.25, 0.3) is 0 Å². The monoisotopic (exact) mass is 269 g/mol. The van der Waals surface area contributed by atoms with Crippen molar-refractivity contribution < 1.29 is 8.42 Å². The summed E-state index contributed by atoms with van der Waals surface area (Å²) in [6.07, 6.45) is 2.22. The van der Waals surface area contributed by atoms with E-state index in [1.165, 1.54) is 7.05 Å². The smallest absolute Gasteiger partial charge is 0.242 e. The average Bonchev–Trinajstić information content (AvgIpc) is 3.17. The van der Waals surface area contributed by atoms with E-state index < -0.39 is 10.0 Å². The SMILES string of the molecule is CNS(=O)(=O)c1ccccc1NCC1(CN)CC1. The van der Waals surface area contributed by atoms with Gasteiger partial charge in [0, 0.05) is 6.54 Å². The molecule has 0 heterocycles. The van der Waals surface area contributed by atoms with Crippen LogP contribution in [0.15, 0.2) is 29.2 Å². The summed E-state index contributed by atoms with van der Waals surface area (Å²) in [5.74, 6) is 0. The zero-order chi connectivity index (χ0) is 13.2. The molecule has 100 valence electrons. The maximum atomic E-state index is 11.9. The lowest BCUT2D eigenvalue weighted by Crippen LogP contribution is -2.26. The van der Waals surface area contributed by atoms with Gasteiger partial charge in [0.2, 0.25) is 10.0 Å². The third kappa shape index (κ3) is 2.66.